The van der Waals surface area contributed by atoms with Crippen molar-refractivity contribution in [3.8, 4) is 0 Å². The zero-order valence-electron chi connectivity index (χ0n) is 3.33. The Labute approximate surface area is 69.0 Å². The molecule has 0 aromatic heterocycles. The third kappa shape index (κ3) is 8.95. The second kappa shape index (κ2) is 8.91. The van der Waals surface area contributed by atoms with Crippen molar-refractivity contribution >= 4 is 35.2 Å². The summed E-state index contributed by atoms with van der Waals surface area (Å²) in [5.41, 5.74) is 0. The van der Waals surface area contributed by atoms with Gasteiger partial charge in [-0.2, -0.15) is 1.37 Å². The molecular formula is CH2INaS. The van der Waals surface area contributed by atoms with Crippen molar-refractivity contribution in [2.24, 2.45) is 0 Å². The van der Waals surface area contributed by atoms with Gasteiger partial charge in [-0.15, -0.1) is 0 Å². The van der Waals surface area contributed by atoms with Crippen LogP contribution in [0, 0.1) is 3.74 Å². The van der Waals surface area contributed by atoms with Gasteiger partial charge < -0.3 is 35.2 Å². The predicted octanol–water partition coefficient (Wildman–Crippen LogP) is -1.53. The number of thiol groups is 1. The third-order valence-corrected chi connectivity index (χ3v) is 0. The molecule has 0 radical (unpaired) electrons. The molecular weight excluding hydrogens is 194 g/mol. The minimum atomic E-state index is 0. The Bertz CT molecular complexity index is 16.4. The fourth-order valence-electron chi connectivity index (χ4n) is 0. The standard InChI is InChI=1S/CH2IS.Na/c2-1-3;/h1,3H;/q-1;+1/i1D;. The fourth-order valence-corrected chi connectivity index (χ4v) is 0. The maximum Gasteiger partial charge on any atom is 1.00 e. The van der Waals surface area contributed by atoms with E-state index >= 15 is 0 Å². The van der Waals surface area contributed by atoms with Gasteiger partial charge in [0.15, 0.2) is 0 Å². The molecule has 20 valence electrons. The first-order valence-corrected chi connectivity index (χ1v) is 1.94. The number of halogens is 1. The van der Waals surface area contributed by atoms with Crippen molar-refractivity contribution in [3.63, 3.8) is 0 Å². The molecule has 0 atom stereocenters. The zero-order chi connectivity index (χ0) is 3.58. The van der Waals surface area contributed by atoms with E-state index in [1.54, 1.807) is 22.6 Å². The summed E-state index contributed by atoms with van der Waals surface area (Å²) in [6.45, 7) is 0. The van der Waals surface area contributed by atoms with E-state index in [9.17, 15) is 0 Å². The van der Waals surface area contributed by atoms with Crippen LogP contribution in [-0.2, 0) is 0 Å². The average molecular weight is 197 g/mol. The van der Waals surface area contributed by atoms with Gasteiger partial charge in [-0.25, -0.2) is 3.74 Å². The molecule has 0 unspecified atom stereocenters. The number of rotatable bonds is 0. The summed E-state index contributed by atoms with van der Waals surface area (Å²) in [6.07, 6.45) is 0. The van der Waals surface area contributed by atoms with E-state index in [1.807, 2.05) is 0 Å². The molecule has 0 aromatic carbocycles. The van der Waals surface area contributed by atoms with Crippen LogP contribution in [0.5, 0.6) is 0 Å². The SMILES string of the molecule is [2H][C-](S)I.[Na+]. The molecule has 0 rings (SSSR count). The van der Waals surface area contributed by atoms with E-state index in [0.717, 1.165) is 0 Å². The maximum atomic E-state index is 6.35. The van der Waals surface area contributed by atoms with Crippen LogP contribution in [-0.4, -0.2) is 0 Å². The normalized spacial score (nSPS) is 9.25. The van der Waals surface area contributed by atoms with Gasteiger partial charge in [0.2, 0.25) is 0 Å². The molecule has 0 aliphatic heterocycles. The molecule has 0 fully saturated rings. The van der Waals surface area contributed by atoms with Gasteiger partial charge in [-0.05, 0) is 0 Å². The van der Waals surface area contributed by atoms with Gasteiger partial charge in [0, 0.05) is 0 Å². The molecule has 0 N–H and O–H groups in total. The molecule has 0 aliphatic rings. The van der Waals surface area contributed by atoms with Crippen LogP contribution in [0.2, 0.25) is 0 Å². The maximum absolute atomic E-state index is 6.35. The van der Waals surface area contributed by atoms with Crippen molar-refractivity contribution in [2.45, 2.75) is 0 Å². The topological polar surface area (TPSA) is 0 Å². The summed E-state index contributed by atoms with van der Waals surface area (Å²) in [6, 6.07) is 0. The molecule has 0 aromatic rings. The molecule has 4 heavy (non-hydrogen) atoms. The average Bonchev–Trinajstić information content (AvgIpc) is 0.811. The van der Waals surface area contributed by atoms with E-state index in [4.69, 9.17) is 1.37 Å². The Morgan fingerprint density at radius 2 is 2.25 bits per heavy atom. The summed E-state index contributed by atoms with van der Waals surface area (Å²) in [4.78, 5) is 0. The summed E-state index contributed by atoms with van der Waals surface area (Å²) < 4.78 is 6.68. The van der Waals surface area contributed by atoms with Crippen molar-refractivity contribution in [1.29, 1.82) is 0 Å². The predicted molar refractivity (Wildman–Crippen MR) is 27.3 cm³/mol. The molecule has 0 aliphatic carbocycles. The van der Waals surface area contributed by atoms with Gasteiger partial charge in [-0.3, -0.25) is 0 Å². The summed E-state index contributed by atoms with van der Waals surface area (Å²) in [5.74, 6) is 0. The number of hydrogen-bond acceptors (Lipinski definition) is 1. The molecule has 0 nitrogen and oxygen atoms in total. The van der Waals surface area contributed by atoms with Crippen LogP contribution in [0.4, 0.5) is 0 Å². The van der Waals surface area contributed by atoms with E-state index in [2.05, 4.69) is 12.6 Å². The Hall–Kier alpha value is 2.08. The van der Waals surface area contributed by atoms with E-state index in [0.29, 0.717) is 3.74 Å². The Morgan fingerprint density at radius 3 is 2.25 bits per heavy atom. The number of hydrogen-bond donors (Lipinski definition) is 1. The molecule has 0 spiro atoms. The molecule has 0 amide bonds. The van der Waals surface area contributed by atoms with Crippen molar-refractivity contribution < 1.29 is 30.9 Å². The minimum absolute atomic E-state index is 0. The first-order valence-electron chi connectivity index (χ1n) is 0.913. The third-order valence-electron chi connectivity index (χ3n) is 0. The largest absolute Gasteiger partial charge is 1.00 e. The first kappa shape index (κ1) is 6.08. The van der Waals surface area contributed by atoms with E-state index in [1.165, 1.54) is 0 Å². The molecule has 0 bridgehead atoms. The van der Waals surface area contributed by atoms with Gasteiger partial charge in [0.05, 0.1) is 0 Å². The summed E-state index contributed by atoms with van der Waals surface area (Å²) >= 11 is 5.33. The second-order valence-corrected chi connectivity index (χ2v) is 1.70. The van der Waals surface area contributed by atoms with E-state index in [-0.39, 0.29) is 29.6 Å². The van der Waals surface area contributed by atoms with Crippen molar-refractivity contribution in [3.05, 3.63) is 3.74 Å². The van der Waals surface area contributed by atoms with Gasteiger partial charge >= 0.3 is 29.6 Å². The van der Waals surface area contributed by atoms with Gasteiger partial charge in [0.25, 0.3) is 0 Å². The van der Waals surface area contributed by atoms with Gasteiger partial charge in [-0.1, -0.05) is 0 Å². The molecule has 0 heterocycles. The van der Waals surface area contributed by atoms with E-state index < -0.39 is 0 Å². The Balaban J connectivity index is 0. The van der Waals surface area contributed by atoms with Gasteiger partial charge in [0.1, 0.15) is 0 Å². The summed E-state index contributed by atoms with van der Waals surface area (Å²) in [7, 11) is 0. The first-order chi connectivity index (χ1) is 1.73. The Morgan fingerprint density at radius 1 is 2.25 bits per heavy atom. The zero-order valence-corrected chi connectivity index (χ0v) is 7.38. The molecule has 0 saturated carbocycles. The van der Waals surface area contributed by atoms with Crippen LogP contribution in [0.25, 0.3) is 0 Å². The second-order valence-electron chi connectivity index (χ2n) is 0.0845. The van der Waals surface area contributed by atoms with Crippen molar-refractivity contribution in [2.75, 3.05) is 0 Å². The van der Waals surface area contributed by atoms with Crippen molar-refractivity contribution in [1.82, 2.24) is 0 Å². The smallest absolute Gasteiger partial charge is 0.359 e. The molecule has 3 heteroatoms. The van der Waals surface area contributed by atoms with Crippen LogP contribution in [0.3, 0.4) is 0 Å². The van der Waals surface area contributed by atoms with Crippen LogP contribution < -0.4 is 29.6 Å². The molecule has 0 saturated heterocycles. The fraction of sp³-hybridized carbons (Fsp3) is 0. The Kier molecular flexibility index (Phi) is 13.5. The quantitative estimate of drug-likeness (QED) is 0.207. The minimum Gasteiger partial charge on any atom is -0.359 e. The monoisotopic (exact) mass is 197 g/mol. The van der Waals surface area contributed by atoms with Crippen LogP contribution >= 0.6 is 35.2 Å². The van der Waals surface area contributed by atoms with Crippen LogP contribution in [0.15, 0.2) is 0 Å². The van der Waals surface area contributed by atoms with Crippen LogP contribution in [0.1, 0.15) is 1.37 Å². The summed E-state index contributed by atoms with van der Waals surface area (Å²) in [5, 5.41) is 0.